The predicted octanol–water partition coefficient (Wildman–Crippen LogP) is 2.37. The maximum Gasteiger partial charge on any atom is 0.0233 e. The van der Waals surface area contributed by atoms with Gasteiger partial charge in [-0.1, -0.05) is 31.2 Å². The average molecular weight is 289 g/mol. The Labute approximate surface area is 130 Å². The van der Waals surface area contributed by atoms with E-state index in [4.69, 9.17) is 0 Å². The van der Waals surface area contributed by atoms with E-state index in [0.29, 0.717) is 0 Å². The van der Waals surface area contributed by atoms with E-state index in [1.165, 1.54) is 50.1 Å². The van der Waals surface area contributed by atoms with Crippen LogP contribution < -0.4 is 5.32 Å². The fraction of sp³-hybridized carbons (Fsp3) is 0.667. The highest BCUT2D eigenvalue weighted by Gasteiger charge is 2.12. The third-order valence-corrected chi connectivity index (χ3v) is 4.38. The monoisotopic (exact) mass is 289 g/mol. The SMILES string of the molecule is CCNCCc1ccccc1CN(C)CCN1CCCC1. The molecule has 0 bridgehead atoms. The van der Waals surface area contributed by atoms with E-state index in [-0.39, 0.29) is 0 Å². The molecule has 0 aliphatic carbocycles. The van der Waals surface area contributed by atoms with E-state index in [0.717, 1.165) is 26.1 Å². The Hall–Kier alpha value is -0.900. The minimum Gasteiger partial charge on any atom is -0.317 e. The van der Waals surface area contributed by atoms with Crippen LogP contribution in [0.15, 0.2) is 24.3 Å². The summed E-state index contributed by atoms with van der Waals surface area (Å²) in [7, 11) is 2.25. The summed E-state index contributed by atoms with van der Waals surface area (Å²) in [4.78, 5) is 5.05. The summed E-state index contributed by atoms with van der Waals surface area (Å²) in [5, 5.41) is 3.42. The van der Waals surface area contributed by atoms with Crippen molar-refractivity contribution in [2.45, 2.75) is 32.7 Å². The molecular formula is C18H31N3. The lowest BCUT2D eigenvalue weighted by atomic mass is 10.0. The summed E-state index contributed by atoms with van der Waals surface area (Å²) in [5.41, 5.74) is 2.98. The van der Waals surface area contributed by atoms with Gasteiger partial charge in [0.05, 0.1) is 0 Å². The second-order valence-corrected chi connectivity index (χ2v) is 6.16. The molecule has 0 saturated carbocycles. The van der Waals surface area contributed by atoms with Crippen LogP contribution in [0.4, 0.5) is 0 Å². The van der Waals surface area contributed by atoms with Gasteiger partial charge in [0, 0.05) is 19.6 Å². The van der Waals surface area contributed by atoms with Gasteiger partial charge in [-0.25, -0.2) is 0 Å². The number of hydrogen-bond donors (Lipinski definition) is 1. The minimum absolute atomic E-state index is 1.05. The zero-order valence-electron chi connectivity index (χ0n) is 13.8. The first-order valence-corrected chi connectivity index (χ1v) is 8.48. The van der Waals surface area contributed by atoms with E-state index >= 15 is 0 Å². The van der Waals surface area contributed by atoms with Gasteiger partial charge in [0.1, 0.15) is 0 Å². The molecule has 118 valence electrons. The first kappa shape index (κ1) is 16.5. The van der Waals surface area contributed by atoms with Gasteiger partial charge < -0.3 is 15.1 Å². The lowest BCUT2D eigenvalue weighted by molar-refractivity contribution is 0.252. The van der Waals surface area contributed by atoms with Crippen LogP contribution >= 0.6 is 0 Å². The second kappa shape index (κ2) is 9.19. The van der Waals surface area contributed by atoms with Gasteiger partial charge in [-0.3, -0.25) is 0 Å². The molecule has 3 heteroatoms. The zero-order chi connectivity index (χ0) is 14.9. The number of likely N-dealkylation sites (tertiary alicyclic amines) is 1. The van der Waals surface area contributed by atoms with Crippen molar-refractivity contribution in [3.63, 3.8) is 0 Å². The van der Waals surface area contributed by atoms with Crippen molar-refractivity contribution in [2.75, 3.05) is 46.3 Å². The number of nitrogens with zero attached hydrogens (tertiary/aromatic N) is 2. The van der Waals surface area contributed by atoms with Crippen molar-refractivity contribution in [3.05, 3.63) is 35.4 Å². The molecule has 1 aromatic carbocycles. The largest absolute Gasteiger partial charge is 0.317 e. The topological polar surface area (TPSA) is 18.5 Å². The Bertz CT molecular complexity index is 399. The number of likely N-dealkylation sites (N-methyl/N-ethyl adjacent to an activating group) is 2. The van der Waals surface area contributed by atoms with Gasteiger partial charge >= 0.3 is 0 Å². The summed E-state index contributed by atoms with van der Waals surface area (Å²) in [6, 6.07) is 8.89. The summed E-state index contributed by atoms with van der Waals surface area (Å²) < 4.78 is 0. The molecule has 1 saturated heterocycles. The Balaban J connectivity index is 1.79. The molecule has 1 aliphatic heterocycles. The molecule has 0 unspecified atom stereocenters. The molecule has 1 aliphatic rings. The standard InChI is InChI=1S/C18H31N3/c1-3-19-11-10-17-8-4-5-9-18(17)16-20(2)14-15-21-12-6-7-13-21/h4-5,8-9,19H,3,6-7,10-16H2,1-2H3. The molecule has 0 amide bonds. The summed E-state index contributed by atoms with van der Waals surface area (Å²) >= 11 is 0. The maximum absolute atomic E-state index is 3.42. The van der Waals surface area contributed by atoms with Gasteiger partial charge in [0.15, 0.2) is 0 Å². The van der Waals surface area contributed by atoms with Crippen LogP contribution in [0, 0.1) is 0 Å². The van der Waals surface area contributed by atoms with Crippen LogP contribution in [-0.4, -0.2) is 56.1 Å². The normalized spacial score (nSPS) is 16.0. The molecule has 0 radical (unpaired) electrons. The van der Waals surface area contributed by atoms with Crippen molar-refractivity contribution >= 4 is 0 Å². The quantitative estimate of drug-likeness (QED) is 0.704. The molecule has 2 rings (SSSR count). The highest BCUT2D eigenvalue weighted by atomic mass is 15.2. The van der Waals surface area contributed by atoms with Gasteiger partial charge in [-0.15, -0.1) is 0 Å². The smallest absolute Gasteiger partial charge is 0.0233 e. The Morgan fingerprint density at radius 3 is 2.57 bits per heavy atom. The first-order valence-electron chi connectivity index (χ1n) is 8.48. The van der Waals surface area contributed by atoms with E-state index in [2.05, 4.69) is 53.4 Å². The Kier molecular flexibility index (Phi) is 7.20. The van der Waals surface area contributed by atoms with Crippen molar-refractivity contribution < 1.29 is 0 Å². The van der Waals surface area contributed by atoms with E-state index in [1.54, 1.807) is 0 Å². The molecule has 1 heterocycles. The van der Waals surface area contributed by atoms with Crippen LogP contribution in [0.25, 0.3) is 0 Å². The summed E-state index contributed by atoms with van der Waals surface area (Å²) in [6.07, 6.45) is 3.90. The fourth-order valence-electron chi connectivity index (χ4n) is 3.04. The number of nitrogens with one attached hydrogen (secondary N) is 1. The lowest BCUT2D eigenvalue weighted by Crippen LogP contribution is -2.31. The summed E-state index contributed by atoms with van der Waals surface area (Å²) in [6.45, 7) is 10.3. The van der Waals surface area contributed by atoms with Crippen molar-refractivity contribution in [2.24, 2.45) is 0 Å². The van der Waals surface area contributed by atoms with Crippen LogP contribution in [0.2, 0.25) is 0 Å². The maximum atomic E-state index is 3.42. The van der Waals surface area contributed by atoms with Gasteiger partial charge in [0.2, 0.25) is 0 Å². The van der Waals surface area contributed by atoms with Gasteiger partial charge in [0.25, 0.3) is 0 Å². The lowest BCUT2D eigenvalue weighted by Gasteiger charge is -2.22. The minimum atomic E-state index is 1.05. The molecular weight excluding hydrogens is 258 g/mol. The number of rotatable bonds is 9. The van der Waals surface area contributed by atoms with Crippen LogP contribution in [0.3, 0.4) is 0 Å². The second-order valence-electron chi connectivity index (χ2n) is 6.16. The van der Waals surface area contributed by atoms with Crippen molar-refractivity contribution in [1.29, 1.82) is 0 Å². The molecule has 0 aromatic heterocycles. The molecule has 1 aromatic rings. The van der Waals surface area contributed by atoms with Crippen LogP contribution in [-0.2, 0) is 13.0 Å². The van der Waals surface area contributed by atoms with E-state index in [9.17, 15) is 0 Å². The van der Waals surface area contributed by atoms with Gasteiger partial charge in [-0.05, 0) is 63.6 Å². The molecule has 3 nitrogen and oxygen atoms in total. The zero-order valence-corrected chi connectivity index (χ0v) is 13.8. The van der Waals surface area contributed by atoms with Crippen LogP contribution in [0.1, 0.15) is 30.9 Å². The highest BCUT2D eigenvalue weighted by molar-refractivity contribution is 5.27. The Morgan fingerprint density at radius 1 is 1.14 bits per heavy atom. The van der Waals surface area contributed by atoms with Crippen molar-refractivity contribution in [1.82, 2.24) is 15.1 Å². The van der Waals surface area contributed by atoms with E-state index < -0.39 is 0 Å². The molecule has 1 fully saturated rings. The molecule has 21 heavy (non-hydrogen) atoms. The highest BCUT2D eigenvalue weighted by Crippen LogP contribution is 2.12. The van der Waals surface area contributed by atoms with Crippen LogP contribution in [0.5, 0.6) is 0 Å². The predicted molar refractivity (Wildman–Crippen MR) is 90.7 cm³/mol. The number of hydrogen-bond acceptors (Lipinski definition) is 3. The molecule has 0 spiro atoms. The third kappa shape index (κ3) is 5.77. The average Bonchev–Trinajstić information content (AvgIpc) is 3.00. The molecule has 1 N–H and O–H groups in total. The summed E-state index contributed by atoms with van der Waals surface area (Å²) in [5.74, 6) is 0. The molecule has 0 atom stereocenters. The van der Waals surface area contributed by atoms with Gasteiger partial charge in [-0.2, -0.15) is 0 Å². The van der Waals surface area contributed by atoms with Crippen molar-refractivity contribution in [3.8, 4) is 0 Å². The fourth-order valence-corrected chi connectivity index (χ4v) is 3.04. The third-order valence-electron chi connectivity index (χ3n) is 4.38. The first-order chi connectivity index (χ1) is 10.3. The number of benzene rings is 1. The van der Waals surface area contributed by atoms with E-state index in [1.807, 2.05) is 0 Å². The Morgan fingerprint density at radius 2 is 1.86 bits per heavy atom.